The van der Waals surface area contributed by atoms with Gasteiger partial charge in [0.15, 0.2) is 0 Å². The quantitative estimate of drug-likeness (QED) is 0.797. The second-order valence-electron chi connectivity index (χ2n) is 5.29. The minimum Gasteiger partial charge on any atom is -0.335 e. The molecule has 0 radical (unpaired) electrons. The van der Waals surface area contributed by atoms with Crippen LogP contribution in [-0.2, 0) is 4.79 Å². The summed E-state index contributed by atoms with van der Waals surface area (Å²) in [7, 11) is 0. The van der Waals surface area contributed by atoms with Crippen LogP contribution in [0.25, 0.3) is 0 Å². The average Bonchev–Trinajstić information content (AvgIpc) is 2.31. The smallest absolute Gasteiger partial charge is 0.321 e. The molecule has 1 aliphatic rings. The van der Waals surface area contributed by atoms with Crippen LogP contribution in [0, 0.1) is 5.92 Å². The third kappa shape index (κ3) is 5.49. The van der Waals surface area contributed by atoms with Crippen LogP contribution in [0.15, 0.2) is 0 Å². The summed E-state index contributed by atoms with van der Waals surface area (Å²) >= 11 is 0. The highest BCUT2D eigenvalue weighted by molar-refractivity contribution is 5.95. The van der Waals surface area contributed by atoms with Crippen molar-refractivity contribution in [3.8, 4) is 0 Å². The van der Waals surface area contributed by atoms with Gasteiger partial charge >= 0.3 is 6.03 Å². The van der Waals surface area contributed by atoms with E-state index >= 15 is 0 Å². The van der Waals surface area contributed by atoms with Gasteiger partial charge in [-0.15, -0.1) is 0 Å². The van der Waals surface area contributed by atoms with E-state index in [1.54, 1.807) is 0 Å². The maximum atomic E-state index is 11.7. The fourth-order valence-electron chi connectivity index (χ4n) is 1.95. The Morgan fingerprint density at radius 2 is 1.94 bits per heavy atom. The molecule has 2 N–H and O–H groups in total. The van der Waals surface area contributed by atoms with Gasteiger partial charge in [-0.25, -0.2) is 4.79 Å². The molecule has 1 aliphatic heterocycles. The van der Waals surface area contributed by atoms with Gasteiger partial charge in [-0.3, -0.25) is 15.0 Å². The minimum atomic E-state index is -0.389. The zero-order valence-electron chi connectivity index (χ0n) is 11.7. The van der Waals surface area contributed by atoms with Gasteiger partial charge in [0.2, 0.25) is 5.91 Å². The molecule has 0 saturated carbocycles. The number of nitrogens with zero attached hydrogens (tertiary/aromatic N) is 1. The van der Waals surface area contributed by atoms with Gasteiger partial charge in [0.25, 0.3) is 0 Å². The van der Waals surface area contributed by atoms with E-state index < -0.39 is 0 Å². The van der Waals surface area contributed by atoms with E-state index in [1.165, 1.54) is 0 Å². The first-order chi connectivity index (χ1) is 8.51. The summed E-state index contributed by atoms with van der Waals surface area (Å²) in [5.74, 6) is 0.531. The van der Waals surface area contributed by atoms with Crippen molar-refractivity contribution in [2.75, 3.05) is 19.6 Å². The Kier molecular flexibility index (Phi) is 6.12. The summed E-state index contributed by atoms with van der Waals surface area (Å²) in [5.41, 5.74) is 0. The standard InChI is InChI=1S/C13H25N3O2/c1-4-11(3)14-13(18)15-12(17)9-16-7-5-10(2)6-8-16/h10-11H,4-9H2,1-3H3,(H2,14,15,17,18)/t11-/m1/s1. The zero-order valence-corrected chi connectivity index (χ0v) is 11.7. The van der Waals surface area contributed by atoms with E-state index in [2.05, 4.69) is 22.5 Å². The summed E-state index contributed by atoms with van der Waals surface area (Å²) in [5, 5.41) is 5.09. The summed E-state index contributed by atoms with van der Waals surface area (Å²) in [6.07, 6.45) is 3.12. The number of piperidine rings is 1. The Bertz CT molecular complexity index is 286. The zero-order chi connectivity index (χ0) is 13.5. The molecule has 1 atom stereocenters. The molecule has 5 nitrogen and oxygen atoms in total. The third-order valence-electron chi connectivity index (χ3n) is 3.49. The van der Waals surface area contributed by atoms with Gasteiger partial charge in [-0.1, -0.05) is 13.8 Å². The Hall–Kier alpha value is -1.10. The number of rotatable bonds is 4. The van der Waals surface area contributed by atoms with Gasteiger partial charge in [0, 0.05) is 6.04 Å². The monoisotopic (exact) mass is 255 g/mol. The molecule has 0 unspecified atom stereocenters. The van der Waals surface area contributed by atoms with Crippen LogP contribution in [-0.4, -0.2) is 42.5 Å². The molecule has 0 aromatic carbocycles. The third-order valence-corrected chi connectivity index (χ3v) is 3.49. The highest BCUT2D eigenvalue weighted by atomic mass is 16.2. The van der Waals surface area contributed by atoms with Crippen molar-refractivity contribution < 1.29 is 9.59 Å². The fourth-order valence-corrected chi connectivity index (χ4v) is 1.95. The van der Waals surface area contributed by atoms with E-state index in [-0.39, 0.29) is 18.0 Å². The number of imide groups is 1. The number of hydrogen-bond acceptors (Lipinski definition) is 3. The lowest BCUT2D eigenvalue weighted by Gasteiger charge is -2.29. The number of likely N-dealkylation sites (tertiary alicyclic amines) is 1. The van der Waals surface area contributed by atoms with Crippen molar-refractivity contribution in [1.82, 2.24) is 15.5 Å². The Balaban J connectivity index is 2.22. The van der Waals surface area contributed by atoms with Crippen LogP contribution < -0.4 is 10.6 Å². The normalized spacial score (nSPS) is 19.3. The number of carbonyl (C=O) groups is 2. The SMILES string of the molecule is CC[C@@H](C)NC(=O)NC(=O)CN1CCC(C)CC1. The number of carbonyl (C=O) groups excluding carboxylic acids is 2. The molecule has 18 heavy (non-hydrogen) atoms. The molecule has 0 spiro atoms. The second-order valence-corrected chi connectivity index (χ2v) is 5.29. The molecule has 0 aromatic rings. The van der Waals surface area contributed by atoms with E-state index in [0.29, 0.717) is 6.54 Å². The largest absolute Gasteiger partial charge is 0.335 e. The highest BCUT2D eigenvalue weighted by Crippen LogP contribution is 2.15. The van der Waals surface area contributed by atoms with Crippen LogP contribution in [0.3, 0.4) is 0 Å². The van der Waals surface area contributed by atoms with Gasteiger partial charge in [0.1, 0.15) is 0 Å². The molecule has 5 heteroatoms. The summed E-state index contributed by atoms with van der Waals surface area (Å²) in [6.45, 7) is 8.35. The lowest BCUT2D eigenvalue weighted by atomic mass is 9.99. The lowest BCUT2D eigenvalue weighted by Crippen LogP contribution is -2.47. The fraction of sp³-hybridized carbons (Fsp3) is 0.846. The topological polar surface area (TPSA) is 61.4 Å². The number of nitrogens with one attached hydrogen (secondary N) is 2. The first kappa shape index (κ1) is 15.0. The molecule has 104 valence electrons. The van der Waals surface area contributed by atoms with Crippen LogP contribution in [0.5, 0.6) is 0 Å². The first-order valence-electron chi connectivity index (χ1n) is 6.84. The van der Waals surface area contributed by atoms with Crippen LogP contribution in [0.1, 0.15) is 40.0 Å². The average molecular weight is 255 g/mol. The maximum absolute atomic E-state index is 11.7. The first-order valence-corrected chi connectivity index (χ1v) is 6.84. The van der Waals surface area contributed by atoms with Crippen LogP contribution >= 0.6 is 0 Å². The molecule has 3 amide bonds. The number of amides is 3. The van der Waals surface area contributed by atoms with Crippen molar-refractivity contribution in [3.05, 3.63) is 0 Å². The Morgan fingerprint density at radius 3 is 2.50 bits per heavy atom. The van der Waals surface area contributed by atoms with E-state index in [9.17, 15) is 9.59 Å². The van der Waals surface area contributed by atoms with Crippen molar-refractivity contribution in [1.29, 1.82) is 0 Å². The molecule has 0 bridgehead atoms. The van der Waals surface area contributed by atoms with E-state index in [1.807, 2.05) is 13.8 Å². The molecular formula is C13H25N3O2. The Morgan fingerprint density at radius 1 is 1.33 bits per heavy atom. The van der Waals surface area contributed by atoms with Crippen molar-refractivity contribution in [2.24, 2.45) is 5.92 Å². The number of urea groups is 1. The molecule has 0 aromatic heterocycles. The predicted octanol–water partition coefficient (Wildman–Crippen LogP) is 1.34. The lowest BCUT2D eigenvalue weighted by molar-refractivity contribution is -0.121. The van der Waals surface area contributed by atoms with Gasteiger partial charge in [-0.2, -0.15) is 0 Å². The molecule has 1 fully saturated rings. The highest BCUT2D eigenvalue weighted by Gasteiger charge is 2.19. The molecule has 1 saturated heterocycles. The van der Waals surface area contributed by atoms with E-state index in [0.717, 1.165) is 38.3 Å². The van der Waals surface area contributed by atoms with E-state index in [4.69, 9.17) is 0 Å². The second kappa shape index (κ2) is 7.36. The number of hydrogen-bond donors (Lipinski definition) is 2. The summed E-state index contributed by atoms with van der Waals surface area (Å²) in [4.78, 5) is 25.2. The molecule has 1 heterocycles. The van der Waals surface area contributed by atoms with Crippen molar-refractivity contribution in [3.63, 3.8) is 0 Å². The molecular weight excluding hydrogens is 230 g/mol. The van der Waals surface area contributed by atoms with Gasteiger partial charge in [0.05, 0.1) is 6.54 Å². The summed E-state index contributed by atoms with van der Waals surface area (Å²) in [6, 6.07) is -0.298. The summed E-state index contributed by atoms with van der Waals surface area (Å²) < 4.78 is 0. The van der Waals surface area contributed by atoms with Gasteiger partial charge in [-0.05, 0) is 45.2 Å². The molecule has 1 rings (SSSR count). The minimum absolute atomic E-state index is 0.0913. The Labute approximate surface area is 109 Å². The van der Waals surface area contributed by atoms with Crippen molar-refractivity contribution >= 4 is 11.9 Å². The van der Waals surface area contributed by atoms with Crippen LogP contribution in [0.4, 0.5) is 4.79 Å². The predicted molar refractivity (Wildman–Crippen MR) is 71.3 cm³/mol. The maximum Gasteiger partial charge on any atom is 0.321 e. The van der Waals surface area contributed by atoms with Crippen LogP contribution in [0.2, 0.25) is 0 Å². The van der Waals surface area contributed by atoms with Gasteiger partial charge < -0.3 is 5.32 Å². The van der Waals surface area contributed by atoms with Crippen molar-refractivity contribution in [2.45, 2.75) is 46.1 Å². The molecule has 0 aliphatic carbocycles.